The largest absolute Gasteiger partial charge is 0.352 e. The van der Waals surface area contributed by atoms with E-state index in [0.29, 0.717) is 15.2 Å². The zero-order valence-corrected chi connectivity index (χ0v) is 24.8. The number of amides is 2. The summed E-state index contributed by atoms with van der Waals surface area (Å²) in [5, 5.41) is 3.38. The molecule has 0 aliphatic carbocycles. The first-order valence-corrected chi connectivity index (χ1v) is 14.7. The molecule has 0 spiro atoms. The maximum absolute atomic E-state index is 13.8. The smallest absolute Gasteiger partial charge is 0.264 e. The van der Waals surface area contributed by atoms with Crippen LogP contribution in [0, 0.1) is 6.92 Å². The fraction of sp³-hybridized carbons (Fsp3) is 0.286. The molecule has 3 rings (SSSR count). The minimum atomic E-state index is -4.11. The van der Waals surface area contributed by atoms with Crippen molar-refractivity contribution in [2.45, 2.75) is 51.2 Å². The molecular formula is C28H31BrClN3O4S. The van der Waals surface area contributed by atoms with Gasteiger partial charge in [-0.1, -0.05) is 63.4 Å². The number of benzene rings is 3. The van der Waals surface area contributed by atoms with Crippen LogP contribution in [0.1, 0.15) is 31.9 Å². The second kappa shape index (κ2) is 12.8. The number of hydrogen-bond acceptors (Lipinski definition) is 4. The van der Waals surface area contributed by atoms with Crippen molar-refractivity contribution < 1.29 is 18.0 Å². The van der Waals surface area contributed by atoms with E-state index >= 15 is 0 Å². The number of nitrogens with zero attached hydrogens (tertiary/aromatic N) is 2. The first-order valence-electron chi connectivity index (χ1n) is 12.1. The molecule has 0 fully saturated rings. The molecule has 38 heavy (non-hydrogen) atoms. The van der Waals surface area contributed by atoms with Crippen LogP contribution in [0.5, 0.6) is 0 Å². The number of sulfonamides is 1. The minimum absolute atomic E-state index is 0.0609. The van der Waals surface area contributed by atoms with Gasteiger partial charge in [0.15, 0.2) is 0 Å². The normalized spacial score (nSPS) is 12.2. The van der Waals surface area contributed by atoms with Crippen LogP contribution >= 0.6 is 27.5 Å². The average Bonchev–Trinajstić information content (AvgIpc) is 2.86. The van der Waals surface area contributed by atoms with E-state index in [9.17, 15) is 18.0 Å². The number of halogens is 2. The van der Waals surface area contributed by atoms with Gasteiger partial charge in [0.1, 0.15) is 12.6 Å². The second-order valence-corrected chi connectivity index (χ2v) is 12.5. The fourth-order valence-electron chi connectivity index (χ4n) is 3.77. The highest BCUT2D eigenvalue weighted by Crippen LogP contribution is 2.27. The lowest BCUT2D eigenvalue weighted by atomic mass is 10.1. The zero-order valence-electron chi connectivity index (χ0n) is 21.7. The molecule has 0 aliphatic heterocycles. The van der Waals surface area contributed by atoms with Gasteiger partial charge in [-0.2, -0.15) is 0 Å². The SMILES string of the molecule is Cc1ccc(S(=O)(=O)N(CC(=O)N(Cc2ccc(Cl)cc2)[C@@H](C)C(=O)NC(C)C)c2cccc(Br)c2)cc1. The summed E-state index contributed by atoms with van der Waals surface area (Å²) in [6.07, 6.45) is 0. The molecule has 1 atom stereocenters. The van der Waals surface area contributed by atoms with Gasteiger partial charge >= 0.3 is 0 Å². The van der Waals surface area contributed by atoms with Crippen LogP contribution in [0.15, 0.2) is 82.2 Å². The van der Waals surface area contributed by atoms with E-state index in [1.165, 1.54) is 17.0 Å². The molecule has 7 nitrogen and oxygen atoms in total. The van der Waals surface area contributed by atoms with Crippen molar-refractivity contribution in [3.8, 4) is 0 Å². The van der Waals surface area contributed by atoms with Gasteiger partial charge in [0.05, 0.1) is 10.6 Å². The van der Waals surface area contributed by atoms with Crippen LogP contribution in [0.3, 0.4) is 0 Å². The van der Waals surface area contributed by atoms with Crippen LogP contribution in [-0.2, 0) is 26.2 Å². The molecule has 0 unspecified atom stereocenters. The van der Waals surface area contributed by atoms with E-state index in [-0.39, 0.29) is 23.4 Å². The van der Waals surface area contributed by atoms with E-state index < -0.39 is 28.5 Å². The number of carbonyl (C=O) groups is 2. The van der Waals surface area contributed by atoms with Crippen molar-refractivity contribution >= 4 is 55.1 Å². The van der Waals surface area contributed by atoms with Crippen LogP contribution in [0.2, 0.25) is 5.02 Å². The molecule has 1 N–H and O–H groups in total. The van der Waals surface area contributed by atoms with Gasteiger partial charge in [-0.25, -0.2) is 8.42 Å². The standard InChI is InChI=1S/C28H31BrClN3O4S/c1-19(2)31-28(35)21(4)32(17-22-10-12-24(30)13-11-22)27(34)18-33(25-7-5-6-23(29)16-25)38(36,37)26-14-8-20(3)9-15-26/h5-16,19,21H,17-18H2,1-4H3,(H,31,35)/t21-/m0/s1. The molecule has 0 heterocycles. The minimum Gasteiger partial charge on any atom is -0.352 e. The number of nitrogens with one attached hydrogen (secondary N) is 1. The van der Waals surface area contributed by atoms with Crippen molar-refractivity contribution in [2.24, 2.45) is 0 Å². The van der Waals surface area contributed by atoms with Crippen LogP contribution in [0.4, 0.5) is 5.69 Å². The Morgan fingerprint density at radius 3 is 2.18 bits per heavy atom. The van der Waals surface area contributed by atoms with Gasteiger partial charge in [-0.15, -0.1) is 0 Å². The molecular weight excluding hydrogens is 590 g/mol. The zero-order chi connectivity index (χ0) is 28.0. The maximum Gasteiger partial charge on any atom is 0.264 e. The summed E-state index contributed by atoms with van der Waals surface area (Å²) in [6.45, 7) is 6.76. The lowest BCUT2D eigenvalue weighted by Gasteiger charge is -2.32. The Balaban J connectivity index is 2.03. The molecule has 0 radical (unpaired) electrons. The quantitative estimate of drug-likeness (QED) is 0.322. The van der Waals surface area contributed by atoms with Crippen molar-refractivity contribution in [3.63, 3.8) is 0 Å². The van der Waals surface area contributed by atoms with Crippen LogP contribution < -0.4 is 9.62 Å². The highest BCUT2D eigenvalue weighted by Gasteiger charge is 2.32. The number of hydrogen-bond donors (Lipinski definition) is 1. The van der Waals surface area contributed by atoms with Gasteiger partial charge in [-0.3, -0.25) is 13.9 Å². The Kier molecular flexibility index (Phi) is 9.98. The summed E-state index contributed by atoms with van der Waals surface area (Å²) in [7, 11) is -4.11. The molecule has 10 heteroatoms. The van der Waals surface area contributed by atoms with E-state index in [0.717, 1.165) is 15.4 Å². The van der Waals surface area contributed by atoms with Gasteiger partial charge in [0, 0.05) is 22.1 Å². The van der Waals surface area contributed by atoms with E-state index in [4.69, 9.17) is 11.6 Å². The first kappa shape index (κ1) is 29.7. The van der Waals surface area contributed by atoms with E-state index in [1.54, 1.807) is 67.6 Å². The molecule has 0 aromatic heterocycles. The molecule has 0 saturated heterocycles. The molecule has 0 bridgehead atoms. The Labute approximate surface area is 238 Å². The molecule has 0 aliphatic rings. The van der Waals surface area contributed by atoms with Crippen molar-refractivity contribution in [1.29, 1.82) is 0 Å². The third-order valence-corrected chi connectivity index (χ3v) is 8.38. The topological polar surface area (TPSA) is 86.8 Å². The predicted molar refractivity (Wildman–Crippen MR) is 155 cm³/mol. The summed E-state index contributed by atoms with van der Waals surface area (Å²) in [4.78, 5) is 28.2. The van der Waals surface area contributed by atoms with E-state index in [2.05, 4.69) is 21.2 Å². The molecule has 3 aromatic carbocycles. The maximum atomic E-state index is 13.8. The second-order valence-electron chi connectivity index (χ2n) is 9.29. The summed E-state index contributed by atoms with van der Waals surface area (Å²) in [5.41, 5.74) is 1.98. The summed E-state index contributed by atoms with van der Waals surface area (Å²) in [6, 6.07) is 19.1. The van der Waals surface area contributed by atoms with Gasteiger partial charge in [0.25, 0.3) is 10.0 Å². The number of rotatable bonds is 10. The number of anilines is 1. The summed E-state index contributed by atoms with van der Waals surface area (Å²) in [5.74, 6) is -0.861. The number of carbonyl (C=O) groups excluding carboxylic acids is 2. The Hall–Kier alpha value is -2.88. The summed E-state index contributed by atoms with van der Waals surface area (Å²) >= 11 is 9.42. The van der Waals surface area contributed by atoms with Gasteiger partial charge < -0.3 is 10.2 Å². The van der Waals surface area contributed by atoms with Crippen molar-refractivity contribution in [2.75, 3.05) is 10.8 Å². The highest BCUT2D eigenvalue weighted by molar-refractivity contribution is 9.10. The predicted octanol–water partition coefficient (Wildman–Crippen LogP) is 5.55. The lowest BCUT2D eigenvalue weighted by Crippen LogP contribution is -2.52. The molecule has 202 valence electrons. The van der Waals surface area contributed by atoms with E-state index in [1.807, 2.05) is 20.8 Å². The van der Waals surface area contributed by atoms with Gasteiger partial charge in [-0.05, 0) is 75.7 Å². The van der Waals surface area contributed by atoms with Crippen molar-refractivity contribution in [1.82, 2.24) is 10.2 Å². The third kappa shape index (κ3) is 7.58. The monoisotopic (exact) mass is 619 g/mol. The average molecular weight is 621 g/mol. The molecule has 2 amide bonds. The Morgan fingerprint density at radius 2 is 1.61 bits per heavy atom. The Morgan fingerprint density at radius 1 is 0.974 bits per heavy atom. The number of aryl methyl sites for hydroxylation is 1. The highest BCUT2D eigenvalue weighted by atomic mass is 79.9. The molecule has 3 aromatic rings. The van der Waals surface area contributed by atoms with Gasteiger partial charge in [0.2, 0.25) is 11.8 Å². The van der Waals surface area contributed by atoms with Crippen LogP contribution in [-0.4, -0.2) is 43.8 Å². The Bertz CT molecular complexity index is 1380. The van der Waals surface area contributed by atoms with Crippen LogP contribution in [0.25, 0.3) is 0 Å². The fourth-order valence-corrected chi connectivity index (χ4v) is 5.69. The third-order valence-electron chi connectivity index (χ3n) is 5.85. The summed E-state index contributed by atoms with van der Waals surface area (Å²) < 4.78 is 29.3. The molecule has 0 saturated carbocycles. The first-order chi connectivity index (χ1) is 17.9. The van der Waals surface area contributed by atoms with Crippen molar-refractivity contribution in [3.05, 3.63) is 93.4 Å². The lowest BCUT2D eigenvalue weighted by molar-refractivity contribution is -0.139.